The Labute approximate surface area is 128 Å². The zero-order valence-corrected chi connectivity index (χ0v) is 12.6. The summed E-state index contributed by atoms with van der Waals surface area (Å²) in [5, 5.41) is 9.40. The van der Waals surface area contributed by atoms with Gasteiger partial charge in [0.1, 0.15) is 0 Å². The lowest BCUT2D eigenvalue weighted by Gasteiger charge is -2.12. The number of carboxylic acid groups (broad SMARTS) is 1. The Morgan fingerprint density at radius 3 is 2.29 bits per heavy atom. The van der Waals surface area contributed by atoms with Gasteiger partial charge in [-0.1, -0.05) is 12.1 Å². The minimum absolute atomic E-state index is 0.0296. The molecule has 1 fully saturated rings. The van der Waals surface area contributed by atoms with Crippen molar-refractivity contribution in [3.63, 3.8) is 0 Å². The van der Waals surface area contributed by atoms with Crippen molar-refractivity contribution in [1.29, 1.82) is 0 Å². The van der Waals surface area contributed by atoms with Gasteiger partial charge in [-0.3, -0.25) is 0 Å². The predicted molar refractivity (Wildman–Crippen MR) is 80.1 cm³/mol. The third-order valence-corrected chi connectivity index (χ3v) is 5.53. The molecule has 114 valence electrons. The van der Waals surface area contributed by atoms with Crippen molar-refractivity contribution in [1.82, 2.24) is 0 Å². The second kappa shape index (κ2) is 6.79. The van der Waals surface area contributed by atoms with Gasteiger partial charge < -0.3 is 5.11 Å². The highest BCUT2D eigenvalue weighted by atomic mass is 32.2. The summed E-state index contributed by atoms with van der Waals surface area (Å²) >= 11 is 2.82. The minimum atomic E-state index is -4.48. The van der Waals surface area contributed by atoms with Gasteiger partial charge in [0.2, 0.25) is 0 Å². The molecule has 0 radical (unpaired) electrons. The van der Waals surface area contributed by atoms with Crippen molar-refractivity contribution in [2.24, 2.45) is 0 Å². The van der Waals surface area contributed by atoms with E-state index >= 15 is 0 Å². The molecule has 1 aliphatic rings. The topological polar surface area (TPSA) is 37.3 Å². The van der Waals surface area contributed by atoms with Gasteiger partial charge >= 0.3 is 12.1 Å². The normalized spacial score (nSPS) is 16.4. The Morgan fingerprint density at radius 1 is 1.14 bits per heavy atom. The van der Waals surface area contributed by atoms with Crippen LogP contribution in [0.4, 0.5) is 13.2 Å². The molecule has 1 N–H and O–H groups in total. The summed E-state index contributed by atoms with van der Waals surface area (Å²) < 4.78 is 38.9. The highest BCUT2D eigenvalue weighted by Gasteiger charge is 2.31. The van der Waals surface area contributed by atoms with Crippen LogP contribution in [-0.2, 0) is 11.0 Å². The van der Waals surface area contributed by atoms with E-state index < -0.39 is 17.7 Å². The fourth-order valence-electron chi connectivity index (χ4n) is 1.90. The second-order valence-electron chi connectivity index (χ2n) is 4.45. The van der Waals surface area contributed by atoms with Crippen LogP contribution in [0.15, 0.2) is 28.5 Å². The van der Waals surface area contributed by atoms with Crippen molar-refractivity contribution in [2.75, 3.05) is 11.5 Å². The highest BCUT2D eigenvalue weighted by molar-refractivity contribution is 8.22. The number of hydrogen-bond acceptors (Lipinski definition) is 3. The summed E-state index contributed by atoms with van der Waals surface area (Å²) in [6, 6.07) is 4.51. The zero-order chi connectivity index (χ0) is 15.5. The molecular weight excluding hydrogens is 321 g/mol. The number of benzene rings is 1. The minimum Gasteiger partial charge on any atom is -0.478 e. The van der Waals surface area contributed by atoms with Crippen LogP contribution in [-0.4, -0.2) is 22.6 Å². The summed E-state index contributed by atoms with van der Waals surface area (Å²) in [6.07, 6.45) is -2.51. The van der Waals surface area contributed by atoms with Crippen LogP contribution < -0.4 is 0 Å². The number of rotatable bonds is 2. The molecule has 7 heteroatoms. The van der Waals surface area contributed by atoms with E-state index in [1.807, 2.05) is 0 Å². The highest BCUT2D eigenvalue weighted by Crippen LogP contribution is 2.40. The van der Waals surface area contributed by atoms with E-state index in [0.29, 0.717) is 4.24 Å². The maximum absolute atomic E-state index is 12.8. The smallest absolute Gasteiger partial charge is 0.416 e. The van der Waals surface area contributed by atoms with E-state index in [0.717, 1.165) is 36.5 Å². The molecule has 1 aliphatic heterocycles. The van der Waals surface area contributed by atoms with Crippen molar-refractivity contribution in [3.05, 3.63) is 39.6 Å². The standard InChI is InChI=1S/C14H13F3O2S2/c15-14(16,17)10-5-3-4-9(8-10)11(12(18)19)13-20-6-1-2-7-21-13/h3-5,8H,1-2,6-7H2,(H,18,19). The lowest BCUT2D eigenvalue weighted by molar-refractivity contribution is -0.137. The number of halogens is 3. The van der Waals surface area contributed by atoms with E-state index in [1.165, 1.54) is 35.7 Å². The van der Waals surface area contributed by atoms with Crippen LogP contribution in [0, 0.1) is 0 Å². The molecule has 21 heavy (non-hydrogen) atoms. The van der Waals surface area contributed by atoms with Crippen LogP contribution in [0.5, 0.6) is 0 Å². The monoisotopic (exact) mass is 334 g/mol. The first-order chi connectivity index (χ1) is 9.89. The first-order valence-corrected chi connectivity index (χ1v) is 8.27. The summed E-state index contributed by atoms with van der Waals surface area (Å²) in [5.74, 6) is 0.391. The predicted octanol–water partition coefficient (Wildman–Crippen LogP) is 4.72. The van der Waals surface area contributed by atoms with Gasteiger partial charge in [0.05, 0.1) is 15.4 Å². The van der Waals surface area contributed by atoms with Gasteiger partial charge in [0.15, 0.2) is 0 Å². The summed E-state index contributed by atoms with van der Waals surface area (Å²) in [4.78, 5) is 11.5. The average Bonchev–Trinajstić information content (AvgIpc) is 2.67. The summed E-state index contributed by atoms with van der Waals surface area (Å²) in [5.41, 5.74) is -0.754. The van der Waals surface area contributed by atoms with Gasteiger partial charge in [0.25, 0.3) is 0 Å². The van der Waals surface area contributed by atoms with Crippen LogP contribution in [0.1, 0.15) is 24.0 Å². The van der Waals surface area contributed by atoms with Crippen molar-refractivity contribution < 1.29 is 23.1 Å². The van der Waals surface area contributed by atoms with Crippen LogP contribution in [0.25, 0.3) is 5.57 Å². The molecule has 1 aromatic rings. The lowest BCUT2D eigenvalue weighted by Crippen LogP contribution is -2.07. The molecule has 1 heterocycles. The molecule has 0 unspecified atom stereocenters. The van der Waals surface area contributed by atoms with E-state index in [4.69, 9.17) is 0 Å². The van der Waals surface area contributed by atoms with Crippen LogP contribution in [0.3, 0.4) is 0 Å². The van der Waals surface area contributed by atoms with E-state index in [1.54, 1.807) is 0 Å². The Hall–Kier alpha value is -1.08. The maximum Gasteiger partial charge on any atom is 0.416 e. The van der Waals surface area contributed by atoms with Crippen molar-refractivity contribution in [3.8, 4) is 0 Å². The SMILES string of the molecule is O=C(O)C(=C1SCCCCS1)c1cccc(C(F)(F)F)c1. The molecule has 2 nitrogen and oxygen atoms in total. The largest absolute Gasteiger partial charge is 0.478 e. The zero-order valence-electron chi connectivity index (χ0n) is 10.9. The van der Waals surface area contributed by atoms with Gasteiger partial charge in [-0.25, -0.2) is 4.79 Å². The number of carbonyl (C=O) groups is 1. The third kappa shape index (κ3) is 4.20. The second-order valence-corrected chi connectivity index (χ2v) is 6.92. The molecule has 0 saturated carbocycles. The molecule has 0 spiro atoms. The maximum atomic E-state index is 12.8. The molecule has 1 aromatic carbocycles. The number of hydrogen-bond donors (Lipinski definition) is 1. The Kier molecular flexibility index (Phi) is 5.27. The molecule has 0 aliphatic carbocycles. The first kappa shape index (κ1) is 16.3. The van der Waals surface area contributed by atoms with Gasteiger partial charge in [-0.15, -0.1) is 23.5 Å². The molecule has 2 rings (SSSR count). The van der Waals surface area contributed by atoms with Crippen LogP contribution in [0.2, 0.25) is 0 Å². The first-order valence-electron chi connectivity index (χ1n) is 6.30. The van der Waals surface area contributed by atoms with E-state index in [-0.39, 0.29) is 11.1 Å². The molecule has 1 saturated heterocycles. The molecular formula is C14H13F3O2S2. The Morgan fingerprint density at radius 2 is 1.76 bits per heavy atom. The number of aliphatic carboxylic acids is 1. The number of carboxylic acids is 1. The summed E-state index contributed by atoms with van der Waals surface area (Å²) in [6.45, 7) is 0. The van der Waals surface area contributed by atoms with Crippen LogP contribution >= 0.6 is 23.5 Å². The molecule has 0 atom stereocenters. The molecule has 0 amide bonds. The van der Waals surface area contributed by atoms with Gasteiger partial charge in [-0.2, -0.15) is 13.2 Å². The van der Waals surface area contributed by atoms with Crippen molar-refractivity contribution >= 4 is 35.1 Å². The fraction of sp³-hybridized carbons (Fsp3) is 0.357. The summed E-state index contributed by atoms with van der Waals surface area (Å²) in [7, 11) is 0. The van der Waals surface area contributed by atoms with E-state index in [2.05, 4.69) is 0 Å². The molecule has 0 bridgehead atoms. The fourth-order valence-corrected chi connectivity index (χ4v) is 4.50. The quantitative estimate of drug-likeness (QED) is 0.794. The third-order valence-electron chi connectivity index (χ3n) is 2.90. The Balaban J connectivity index is 2.48. The van der Waals surface area contributed by atoms with Gasteiger partial charge in [-0.05, 0) is 42.0 Å². The van der Waals surface area contributed by atoms with Gasteiger partial charge in [0, 0.05) is 0 Å². The average molecular weight is 334 g/mol. The molecule has 0 aromatic heterocycles. The Bertz CT molecular complexity index is 558. The number of alkyl halides is 3. The lowest BCUT2D eigenvalue weighted by atomic mass is 10.0. The van der Waals surface area contributed by atoms with Crippen molar-refractivity contribution in [2.45, 2.75) is 19.0 Å². The number of thioether (sulfide) groups is 2. The van der Waals surface area contributed by atoms with E-state index in [9.17, 15) is 23.1 Å².